The van der Waals surface area contributed by atoms with Gasteiger partial charge in [0.1, 0.15) is 0 Å². The van der Waals surface area contributed by atoms with Crippen LogP contribution in [0.15, 0.2) is 0 Å². The molecule has 0 aromatic rings. The highest BCUT2D eigenvalue weighted by atomic mass is 16.5. The van der Waals surface area contributed by atoms with Crippen LogP contribution >= 0.6 is 0 Å². The lowest BCUT2D eigenvalue weighted by molar-refractivity contribution is -0.141. The number of rotatable bonds is 23. The number of aliphatic hydroxyl groups is 1. The molecule has 0 amide bonds. The highest BCUT2D eigenvalue weighted by molar-refractivity contribution is 5.69. The molecule has 33 heavy (non-hydrogen) atoms. The Kier molecular flexibility index (Phi) is 29.9. The molecule has 0 spiro atoms. The van der Waals surface area contributed by atoms with E-state index in [0.717, 1.165) is 44.9 Å². The fraction of sp³-hybridized carbons (Fsp3) is 0.929. The maximum atomic E-state index is 10.9. The maximum Gasteiger partial charge on any atom is 0.305 e. The molecule has 0 aliphatic carbocycles. The summed E-state index contributed by atoms with van der Waals surface area (Å²) in [6.45, 7) is 4.42. The molecule has 0 saturated heterocycles. The Morgan fingerprint density at radius 1 is 0.606 bits per heavy atom. The minimum Gasteiger partial charge on any atom is -0.481 e. The van der Waals surface area contributed by atoms with Gasteiger partial charge in [-0.15, -0.1) is 0 Å². The van der Waals surface area contributed by atoms with Gasteiger partial charge in [-0.2, -0.15) is 0 Å². The number of carboxylic acid groups (broad SMARTS) is 1. The van der Waals surface area contributed by atoms with Crippen LogP contribution in [0, 0.1) is 0 Å². The fourth-order valence-electron chi connectivity index (χ4n) is 3.82. The van der Waals surface area contributed by atoms with E-state index in [2.05, 4.69) is 18.6 Å². The quantitative estimate of drug-likeness (QED) is 0.116. The topological polar surface area (TPSA) is 83.8 Å². The summed E-state index contributed by atoms with van der Waals surface area (Å²) in [5, 5.41) is 18.2. The molecule has 1 unspecified atom stereocenters. The monoisotopic (exact) mass is 472 g/mol. The van der Waals surface area contributed by atoms with Gasteiger partial charge in [-0.05, 0) is 25.7 Å². The van der Waals surface area contributed by atoms with Gasteiger partial charge in [0.05, 0.1) is 13.2 Å². The van der Waals surface area contributed by atoms with Gasteiger partial charge in [0.2, 0.25) is 0 Å². The van der Waals surface area contributed by atoms with Crippen molar-refractivity contribution in [2.45, 2.75) is 161 Å². The van der Waals surface area contributed by atoms with Gasteiger partial charge in [0.25, 0.3) is 0 Å². The van der Waals surface area contributed by atoms with E-state index in [1.54, 1.807) is 0 Å². The number of aliphatic carboxylic acids is 1. The molecule has 198 valence electrons. The molecular weight excluding hydrogens is 416 g/mol. The standard InChI is InChI=1S/C19H38O3.C9H18O2/c1-3-4-5-6-9-12-15-18(20)16-13-10-7-8-11-14-17-19(21)22-2;1-2-3-4-5-6-7-8-9(10)11/h18,20H,3-17H2,1-2H3;2-8H2,1H3,(H,10,11). The Hall–Kier alpha value is -1.10. The first-order chi connectivity index (χ1) is 16.0. The van der Waals surface area contributed by atoms with Crippen LogP contribution in [0.4, 0.5) is 0 Å². The van der Waals surface area contributed by atoms with Gasteiger partial charge in [0, 0.05) is 12.8 Å². The minimum absolute atomic E-state index is 0.0921. The number of carbonyl (C=O) groups excluding carboxylic acids is 1. The molecule has 5 heteroatoms. The van der Waals surface area contributed by atoms with Crippen LogP contribution in [0.1, 0.15) is 155 Å². The third-order valence-electron chi connectivity index (χ3n) is 6.03. The van der Waals surface area contributed by atoms with Crippen molar-refractivity contribution in [3.05, 3.63) is 0 Å². The zero-order chi connectivity index (χ0) is 25.0. The third-order valence-corrected chi connectivity index (χ3v) is 6.03. The van der Waals surface area contributed by atoms with Gasteiger partial charge < -0.3 is 14.9 Å². The maximum absolute atomic E-state index is 10.9. The second kappa shape index (κ2) is 28.9. The summed E-state index contributed by atoms with van der Waals surface area (Å²) in [4.78, 5) is 21.0. The molecule has 0 fully saturated rings. The molecule has 5 nitrogen and oxygen atoms in total. The largest absolute Gasteiger partial charge is 0.481 e. The van der Waals surface area contributed by atoms with E-state index in [1.165, 1.54) is 90.6 Å². The van der Waals surface area contributed by atoms with Crippen molar-refractivity contribution < 1.29 is 24.5 Å². The highest BCUT2D eigenvalue weighted by Gasteiger charge is 2.04. The lowest BCUT2D eigenvalue weighted by atomic mass is 10.0. The smallest absolute Gasteiger partial charge is 0.305 e. The summed E-state index contributed by atoms with van der Waals surface area (Å²) < 4.78 is 4.61. The Balaban J connectivity index is 0. The van der Waals surface area contributed by atoms with Crippen molar-refractivity contribution in [2.75, 3.05) is 7.11 Å². The predicted octanol–water partition coefficient (Wildman–Crippen LogP) is 8.21. The third kappa shape index (κ3) is 33.2. The second-order valence-electron chi connectivity index (χ2n) is 9.36. The summed E-state index contributed by atoms with van der Waals surface area (Å²) in [6.07, 6.45) is 24.2. The number of hydrogen-bond acceptors (Lipinski definition) is 4. The van der Waals surface area contributed by atoms with Crippen LogP contribution in [0.2, 0.25) is 0 Å². The van der Waals surface area contributed by atoms with Crippen LogP contribution in [-0.4, -0.2) is 35.4 Å². The number of ether oxygens (including phenoxy) is 1. The van der Waals surface area contributed by atoms with E-state index in [4.69, 9.17) is 5.11 Å². The first kappa shape index (κ1) is 34.1. The molecule has 0 rings (SSSR count). The summed E-state index contributed by atoms with van der Waals surface area (Å²) in [5.74, 6) is -0.765. The van der Waals surface area contributed by atoms with Crippen molar-refractivity contribution in [3.8, 4) is 0 Å². The van der Waals surface area contributed by atoms with Crippen LogP contribution in [0.25, 0.3) is 0 Å². The van der Waals surface area contributed by atoms with Gasteiger partial charge in [-0.3, -0.25) is 9.59 Å². The van der Waals surface area contributed by atoms with Crippen LogP contribution < -0.4 is 0 Å². The summed E-state index contributed by atoms with van der Waals surface area (Å²) >= 11 is 0. The Morgan fingerprint density at radius 2 is 0.970 bits per heavy atom. The number of aliphatic hydroxyl groups excluding tert-OH is 1. The van der Waals surface area contributed by atoms with E-state index in [0.29, 0.717) is 12.8 Å². The molecule has 1 atom stereocenters. The average molecular weight is 473 g/mol. The van der Waals surface area contributed by atoms with E-state index in [-0.39, 0.29) is 12.1 Å². The molecule has 2 N–H and O–H groups in total. The lowest BCUT2D eigenvalue weighted by Crippen LogP contribution is -2.05. The summed E-state index contributed by atoms with van der Waals surface area (Å²) in [5.41, 5.74) is 0. The predicted molar refractivity (Wildman–Crippen MR) is 139 cm³/mol. The number of carboxylic acids is 1. The zero-order valence-electron chi connectivity index (χ0n) is 22.3. The SMILES string of the molecule is CCCCCCCCC(=O)O.CCCCCCCCC(O)CCCCCCCCC(=O)OC. The Bertz CT molecular complexity index is 411. The fourth-order valence-corrected chi connectivity index (χ4v) is 3.82. The van der Waals surface area contributed by atoms with Gasteiger partial charge >= 0.3 is 11.9 Å². The summed E-state index contributed by atoms with van der Waals surface area (Å²) in [6, 6.07) is 0. The minimum atomic E-state index is -0.666. The van der Waals surface area contributed by atoms with E-state index >= 15 is 0 Å². The normalized spacial score (nSPS) is 11.5. The molecule has 0 bridgehead atoms. The highest BCUT2D eigenvalue weighted by Crippen LogP contribution is 2.14. The number of methoxy groups -OCH3 is 1. The van der Waals surface area contributed by atoms with Crippen molar-refractivity contribution in [3.63, 3.8) is 0 Å². The molecule has 0 aromatic heterocycles. The zero-order valence-corrected chi connectivity index (χ0v) is 22.3. The molecular formula is C28H56O5. The lowest BCUT2D eigenvalue weighted by Gasteiger charge is -2.10. The van der Waals surface area contributed by atoms with Gasteiger partial charge in [-0.25, -0.2) is 0 Å². The van der Waals surface area contributed by atoms with E-state index < -0.39 is 5.97 Å². The first-order valence-corrected chi connectivity index (χ1v) is 13.9. The number of esters is 1. The molecule has 0 radical (unpaired) electrons. The Morgan fingerprint density at radius 3 is 1.36 bits per heavy atom. The second-order valence-corrected chi connectivity index (χ2v) is 9.36. The molecule has 0 aromatic carbocycles. The number of unbranched alkanes of at least 4 members (excludes halogenated alkanes) is 15. The molecule has 0 saturated carbocycles. The van der Waals surface area contributed by atoms with Crippen molar-refractivity contribution in [2.24, 2.45) is 0 Å². The molecule has 0 heterocycles. The van der Waals surface area contributed by atoms with Crippen molar-refractivity contribution >= 4 is 11.9 Å². The first-order valence-electron chi connectivity index (χ1n) is 13.9. The van der Waals surface area contributed by atoms with Crippen molar-refractivity contribution in [1.82, 2.24) is 0 Å². The Labute approximate surface area is 205 Å². The van der Waals surface area contributed by atoms with Crippen LogP contribution in [0.3, 0.4) is 0 Å². The van der Waals surface area contributed by atoms with Crippen LogP contribution in [-0.2, 0) is 14.3 Å². The van der Waals surface area contributed by atoms with Crippen molar-refractivity contribution in [1.29, 1.82) is 0 Å². The average Bonchev–Trinajstić information content (AvgIpc) is 2.80. The summed E-state index contributed by atoms with van der Waals surface area (Å²) in [7, 11) is 1.44. The number of carbonyl (C=O) groups is 2. The van der Waals surface area contributed by atoms with E-state index in [9.17, 15) is 14.7 Å². The van der Waals surface area contributed by atoms with Gasteiger partial charge in [-0.1, -0.05) is 117 Å². The van der Waals surface area contributed by atoms with Crippen LogP contribution in [0.5, 0.6) is 0 Å². The molecule has 0 aliphatic heterocycles. The molecule has 0 aliphatic rings. The van der Waals surface area contributed by atoms with Gasteiger partial charge in [0.15, 0.2) is 0 Å². The number of hydrogen-bond donors (Lipinski definition) is 2. The van der Waals surface area contributed by atoms with E-state index in [1.807, 2.05) is 0 Å².